The molecule has 0 saturated carbocycles. The fourth-order valence-electron chi connectivity index (χ4n) is 1.83. The Hall–Kier alpha value is -2.04. The van der Waals surface area contributed by atoms with Crippen molar-refractivity contribution < 1.29 is 9.47 Å². The van der Waals surface area contributed by atoms with Crippen molar-refractivity contribution in [1.29, 1.82) is 0 Å². The fourth-order valence-corrected chi connectivity index (χ4v) is 1.83. The second-order valence-corrected chi connectivity index (χ2v) is 3.68. The zero-order valence-electron chi connectivity index (χ0n) is 8.74. The third kappa shape index (κ3) is 1.25. The molecule has 0 unspecified atom stereocenters. The van der Waals surface area contributed by atoms with Crippen molar-refractivity contribution in [3.05, 3.63) is 28.2 Å². The second kappa shape index (κ2) is 3.23. The zero-order chi connectivity index (χ0) is 11.1. The summed E-state index contributed by atoms with van der Waals surface area (Å²) >= 11 is 0. The van der Waals surface area contributed by atoms with E-state index in [0.29, 0.717) is 30.1 Å². The lowest BCUT2D eigenvalue weighted by molar-refractivity contribution is 0.172. The van der Waals surface area contributed by atoms with Crippen LogP contribution in [-0.2, 0) is 0 Å². The maximum atomic E-state index is 11.6. The minimum atomic E-state index is -0.211. The Morgan fingerprint density at radius 1 is 1.19 bits per heavy atom. The molecule has 1 aliphatic rings. The molecule has 0 saturated heterocycles. The molecule has 16 heavy (non-hydrogen) atoms. The van der Waals surface area contributed by atoms with Crippen LogP contribution in [0.3, 0.4) is 0 Å². The number of hydrogen-bond acceptors (Lipinski definition) is 4. The van der Waals surface area contributed by atoms with E-state index in [1.54, 1.807) is 12.1 Å². The van der Waals surface area contributed by atoms with E-state index in [1.807, 2.05) is 6.92 Å². The number of aromatic amines is 1. The van der Waals surface area contributed by atoms with Gasteiger partial charge in [-0.2, -0.15) is 5.10 Å². The number of nitrogens with one attached hydrogen (secondary N) is 1. The highest BCUT2D eigenvalue weighted by Gasteiger charge is 2.15. The van der Waals surface area contributed by atoms with E-state index in [1.165, 1.54) is 0 Å². The van der Waals surface area contributed by atoms with Crippen LogP contribution in [0.4, 0.5) is 0 Å². The predicted molar refractivity (Wildman–Crippen MR) is 58.1 cm³/mol. The Morgan fingerprint density at radius 2 is 1.81 bits per heavy atom. The van der Waals surface area contributed by atoms with Gasteiger partial charge in [0.1, 0.15) is 13.2 Å². The Bertz CT molecular complexity index is 618. The fraction of sp³-hybridized carbons (Fsp3) is 0.273. The van der Waals surface area contributed by atoms with E-state index in [-0.39, 0.29) is 5.56 Å². The van der Waals surface area contributed by atoms with Crippen molar-refractivity contribution >= 4 is 10.8 Å². The molecule has 0 spiro atoms. The Kier molecular flexibility index (Phi) is 1.86. The smallest absolute Gasteiger partial charge is 0.272 e. The van der Waals surface area contributed by atoms with Crippen LogP contribution in [0.25, 0.3) is 10.8 Å². The SMILES string of the molecule is Cc1n[nH]c(=O)c2cc3c(cc12)OCCO3. The van der Waals surface area contributed by atoms with Gasteiger partial charge in [0, 0.05) is 5.39 Å². The van der Waals surface area contributed by atoms with Crippen molar-refractivity contribution in [1.82, 2.24) is 10.2 Å². The second-order valence-electron chi connectivity index (χ2n) is 3.68. The molecular formula is C11H10N2O3. The van der Waals surface area contributed by atoms with Gasteiger partial charge in [0.25, 0.3) is 5.56 Å². The normalized spacial score (nSPS) is 14.1. The van der Waals surface area contributed by atoms with Crippen LogP contribution in [0.5, 0.6) is 11.5 Å². The summed E-state index contributed by atoms with van der Waals surface area (Å²) in [5, 5.41) is 7.75. The van der Waals surface area contributed by atoms with Gasteiger partial charge >= 0.3 is 0 Å². The highest BCUT2D eigenvalue weighted by Crippen LogP contribution is 2.33. The minimum Gasteiger partial charge on any atom is -0.486 e. The van der Waals surface area contributed by atoms with Crippen molar-refractivity contribution in [3.63, 3.8) is 0 Å². The van der Waals surface area contributed by atoms with Crippen LogP contribution in [0.1, 0.15) is 5.69 Å². The third-order valence-electron chi connectivity index (χ3n) is 2.64. The van der Waals surface area contributed by atoms with Crippen molar-refractivity contribution in [2.45, 2.75) is 6.92 Å². The molecule has 0 amide bonds. The van der Waals surface area contributed by atoms with Crippen LogP contribution in [-0.4, -0.2) is 23.4 Å². The first-order valence-corrected chi connectivity index (χ1v) is 5.04. The number of aromatic nitrogens is 2. The molecule has 0 bridgehead atoms. The van der Waals surface area contributed by atoms with Gasteiger partial charge in [-0.1, -0.05) is 0 Å². The molecule has 3 rings (SSSR count). The molecule has 5 heteroatoms. The van der Waals surface area contributed by atoms with E-state index in [4.69, 9.17) is 9.47 Å². The van der Waals surface area contributed by atoms with Gasteiger partial charge < -0.3 is 9.47 Å². The van der Waals surface area contributed by atoms with Gasteiger partial charge in [-0.25, -0.2) is 5.10 Å². The largest absolute Gasteiger partial charge is 0.486 e. The maximum Gasteiger partial charge on any atom is 0.272 e. The molecule has 0 atom stereocenters. The Morgan fingerprint density at radius 3 is 2.50 bits per heavy atom. The average Bonchev–Trinajstić information content (AvgIpc) is 2.32. The van der Waals surface area contributed by atoms with Gasteiger partial charge in [-0.3, -0.25) is 4.79 Å². The monoisotopic (exact) mass is 218 g/mol. The lowest BCUT2D eigenvalue weighted by Crippen LogP contribution is -2.16. The Balaban J connectivity index is 2.39. The summed E-state index contributed by atoms with van der Waals surface area (Å²) in [7, 11) is 0. The molecule has 1 aliphatic heterocycles. The molecular weight excluding hydrogens is 208 g/mol. The molecule has 1 aromatic heterocycles. The van der Waals surface area contributed by atoms with Gasteiger partial charge in [0.15, 0.2) is 11.5 Å². The highest BCUT2D eigenvalue weighted by atomic mass is 16.6. The zero-order valence-corrected chi connectivity index (χ0v) is 8.74. The van der Waals surface area contributed by atoms with Gasteiger partial charge in [0.05, 0.1) is 11.1 Å². The highest BCUT2D eigenvalue weighted by molar-refractivity contribution is 5.86. The topological polar surface area (TPSA) is 64.2 Å². The van der Waals surface area contributed by atoms with E-state index < -0.39 is 0 Å². The lowest BCUT2D eigenvalue weighted by atomic mass is 10.1. The van der Waals surface area contributed by atoms with Crippen molar-refractivity contribution in [2.75, 3.05) is 13.2 Å². The number of benzene rings is 1. The van der Waals surface area contributed by atoms with Crippen LogP contribution in [0.2, 0.25) is 0 Å². The Labute approximate surface area is 91.0 Å². The number of rotatable bonds is 0. The minimum absolute atomic E-state index is 0.211. The summed E-state index contributed by atoms with van der Waals surface area (Å²) in [5.41, 5.74) is 0.559. The van der Waals surface area contributed by atoms with Crippen molar-refractivity contribution in [2.24, 2.45) is 0 Å². The number of H-pyrrole nitrogens is 1. The number of aryl methyl sites for hydroxylation is 1. The van der Waals surface area contributed by atoms with Gasteiger partial charge in [0.2, 0.25) is 0 Å². The van der Waals surface area contributed by atoms with Crippen LogP contribution in [0, 0.1) is 6.92 Å². The number of hydrogen-bond donors (Lipinski definition) is 1. The van der Waals surface area contributed by atoms with Crippen LogP contribution in [0.15, 0.2) is 16.9 Å². The van der Waals surface area contributed by atoms with Gasteiger partial charge in [-0.05, 0) is 19.1 Å². The molecule has 2 heterocycles. The van der Waals surface area contributed by atoms with Crippen LogP contribution >= 0.6 is 0 Å². The van der Waals surface area contributed by atoms with Crippen LogP contribution < -0.4 is 15.0 Å². The first kappa shape index (κ1) is 9.21. The molecule has 0 fully saturated rings. The molecule has 5 nitrogen and oxygen atoms in total. The summed E-state index contributed by atoms with van der Waals surface area (Å²) in [6.45, 7) is 2.89. The number of ether oxygens (including phenoxy) is 2. The molecule has 1 N–H and O–H groups in total. The average molecular weight is 218 g/mol. The molecule has 82 valence electrons. The standard InChI is InChI=1S/C11H10N2O3/c1-6-7-4-9-10(16-3-2-15-9)5-8(7)11(14)13-12-6/h4-5H,2-3H2,1H3,(H,13,14). The molecule has 2 aromatic rings. The summed E-state index contributed by atoms with van der Waals surface area (Å²) < 4.78 is 10.9. The van der Waals surface area contributed by atoms with Gasteiger partial charge in [-0.15, -0.1) is 0 Å². The molecule has 1 aromatic carbocycles. The first-order chi connectivity index (χ1) is 7.75. The van der Waals surface area contributed by atoms with Crippen molar-refractivity contribution in [3.8, 4) is 11.5 Å². The maximum absolute atomic E-state index is 11.6. The van der Waals surface area contributed by atoms with E-state index >= 15 is 0 Å². The molecule has 0 radical (unpaired) electrons. The third-order valence-corrected chi connectivity index (χ3v) is 2.64. The predicted octanol–water partition coefficient (Wildman–Crippen LogP) is 1.00. The first-order valence-electron chi connectivity index (χ1n) is 5.04. The van der Waals surface area contributed by atoms with E-state index in [2.05, 4.69) is 10.2 Å². The number of fused-ring (bicyclic) bond motifs is 2. The molecule has 0 aliphatic carbocycles. The summed E-state index contributed by atoms with van der Waals surface area (Å²) in [6, 6.07) is 3.51. The summed E-state index contributed by atoms with van der Waals surface area (Å²) in [5.74, 6) is 1.30. The number of nitrogens with zero attached hydrogens (tertiary/aromatic N) is 1. The summed E-state index contributed by atoms with van der Waals surface area (Å²) in [6.07, 6.45) is 0. The lowest BCUT2D eigenvalue weighted by Gasteiger charge is -2.18. The summed E-state index contributed by atoms with van der Waals surface area (Å²) in [4.78, 5) is 11.6. The quantitative estimate of drug-likeness (QED) is 0.716. The van der Waals surface area contributed by atoms with E-state index in [9.17, 15) is 4.79 Å². The van der Waals surface area contributed by atoms with E-state index in [0.717, 1.165) is 11.1 Å².